The summed E-state index contributed by atoms with van der Waals surface area (Å²) in [7, 11) is 1.73. The predicted molar refractivity (Wildman–Crippen MR) is 128 cm³/mol. The van der Waals surface area contributed by atoms with Gasteiger partial charge in [-0.25, -0.2) is 13.9 Å². The monoisotopic (exact) mass is 471 g/mol. The summed E-state index contributed by atoms with van der Waals surface area (Å²) >= 11 is 0. The molecule has 10 nitrogen and oxygen atoms in total. The van der Waals surface area contributed by atoms with Crippen LogP contribution < -0.4 is 21.5 Å². The van der Waals surface area contributed by atoms with Gasteiger partial charge in [-0.1, -0.05) is 13.8 Å². The molecule has 3 N–H and O–H groups in total. The van der Waals surface area contributed by atoms with Gasteiger partial charge in [0.25, 0.3) is 11.5 Å². The number of imidazole rings is 1. The number of halogens is 1. The number of hydrogen-bond donors (Lipinski definition) is 3. The summed E-state index contributed by atoms with van der Waals surface area (Å²) in [6, 6.07) is 4.85. The van der Waals surface area contributed by atoms with E-state index in [4.69, 9.17) is 4.74 Å². The maximum absolute atomic E-state index is 13.2. The van der Waals surface area contributed by atoms with E-state index >= 15 is 0 Å². The number of aromatic nitrogens is 4. The Kier molecular flexibility index (Phi) is 7.11. The zero-order chi connectivity index (χ0) is 24.2. The van der Waals surface area contributed by atoms with Gasteiger partial charge < -0.3 is 25.3 Å². The number of nitrogens with zero attached hydrogens (tertiary/aromatic N) is 4. The number of amides is 1. The van der Waals surface area contributed by atoms with Crippen LogP contribution in [0.25, 0.3) is 5.65 Å². The van der Waals surface area contributed by atoms with E-state index in [0.29, 0.717) is 42.5 Å². The predicted octanol–water partition coefficient (Wildman–Crippen LogP) is 2.89. The van der Waals surface area contributed by atoms with E-state index in [1.165, 1.54) is 10.7 Å². The van der Waals surface area contributed by atoms with Crippen LogP contribution in [0.1, 0.15) is 49.6 Å². The van der Waals surface area contributed by atoms with E-state index in [1.807, 2.05) is 19.9 Å². The SMILES string of the molecule is CC.CNc1cc(Nc2cccn(C3CCOCC3)c2=O)nn2c(C(=O)NC3CC3F)cnc12. The first-order valence-corrected chi connectivity index (χ1v) is 11.6. The summed E-state index contributed by atoms with van der Waals surface area (Å²) in [5, 5.41) is 13.2. The van der Waals surface area contributed by atoms with Gasteiger partial charge in [-0.2, -0.15) is 0 Å². The molecule has 4 heterocycles. The van der Waals surface area contributed by atoms with Crippen LogP contribution in [0.4, 0.5) is 21.6 Å². The second-order valence-electron chi connectivity index (χ2n) is 8.01. The highest BCUT2D eigenvalue weighted by atomic mass is 19.1. The van der Waals surface area contributed by atoms with Crippen molar-refractivity contribution in [3.05, 3.63) is 46.6 Å². The zero-order valence-corrected chi connectivity index (χ0v) is 19.5. The van der Waals surface area contributed by atoms with Gasteiger partial charge in [0.2, 0.25) is 0 Å². The van der Waals surface area contributed by atoms with Gasteiger partial charge in [0.05, 0.1) is 17.9 Å². The summed E-state index contributed by atoms with van der Waals surface area (Å²) in [5.74, 6) is -0.0820. The Balaban J connectivity index is 0.00000133. The normalized spacial score (nSPS) is 19.8. The minimum Gasteiger partial charge on any atom is -0.385 e. The topological polar surface area (TPSA) is 115 Å². The number of pyridine rings is 1. The fraction of sp³-hybridized carbons (Fsp3) is 0.478. The molecule has 11 heteroatoms. The van der Waals surface area contributed by atoms with Gasteiger partial charge in [0, 0.05) is 45.0 Å². The number of fused-ring (bicyclic) bond motifs is 1. The molecule has 2 fully saturated rings. The number of carbonyl (C=O) groups excluding carboxylic acids is 1. The number of rotatable bonds is 6. The standard InChI is InChI=1S/C21H24FN7O3.C2H6/c1-23-16-10-18(25-14-3-2-6-28(21(14)31)12-4-7-32-8-5-12)27-29-17(11-24-19(16)29)20(30)26-15-9-13(15)22;1-2/h2-3,6,10-13,15,23H,4-5,7-9H2,1H3,(H,25,27)(H,26,30);1-2H3. The zero-order valence-electron chi connectivity index (χ0n) is 19.5. The van der Waals surface area contributed by atoms with E-state index in [0.717, 1.165) is 12.8 Å². The third kappa shape index (κ3) is 4.74. The number of carbonyl (C=O) groups is 1. The number of hydrogen-bond acceptors (Lipinski definition) is 7. The van der Waals surface area contributed by atoms with Crippen LogP contribution >= 0.6 is 0 Å². The first-order chi connectivity index (χ1) is 16.5. The maximum atomic E-state index is 13.2. The van der Waals surface area contributed by atoms with Crippen molar-refractivity contribution in [3.63, 3.8) is 0 Å². The second kappa shape index (κ2) is 10.2. The molecule has 0 bridgehead atoms. The van der Waals surface area contributed by atoms with E-state index in [9.17, 15) is 14.0 Å². The van der Waals surface area contributed by atoms with Crippen LogP contribution in [0, 0.1) is 0 Å². The Bertz CT molecular complexity index is 1220. The molecule has 1 aliphatic heterocycles. The highest BCUT2D eigenvalue weighted by Gasteiger charge is 2.39. The lowest BCUT2D eigenvalue weighted by Crippen LogP contribution is -2.30. The molecule has 2 unspecified atom stereocenters. The Morgan fingerprint density at radius 1 is 1.24 bits per heavy atom. The van der Waals surface area contributed by atoms with Crippen LogP contribution in [0.3, 0.4) is 0 Å². The number of ether oxygens (including phenoxy) is 1. The summed E-state index contributed by atoms with van der Waals surface area (Å²) in [4.78, 5) is 29.9. The largest absolute Gasteiger partial charge is 0.385 e. The second-order valence-corrected chi connectivity index (χ2v) is 8.01. The number of nitrogens with one attached hydrogen (secondary N) is 3. The van der Waals surface area contributed by atoms with Crippen molar-refractivity contribution in [1.82, 2.24) is 24.5 Å². The van der Waals surface area contributed by atoms with Gasteiger partial charge in [0.1, 0.15) is 11.9 Å². The first kappa shape index (κ1) is 23.7. The van der Waals surface area contributed by atoms with Crippen molar-refractivity contribution in [1.29, 1.82) is 0 Å². The fourth-order valence-electron chi connectivity index (χ4n) is 3.92. The summed E-state index contributed by atoms with van der Waals surface area (Å²) in [6.45, 7) is 5.27. The first-order valence-electron chi connectivity index (χ1n) is 11.6. The average molecular weight is 472 g/mol. The molecule has 0 aromatic carbocycles. The minimum atomic E-state index is -1.01. The number of anilines is 3. The van der Waals surface area contributed by atoms with E-state index < -0.39 is 18.1 Å². The lowest BCUT2D eigenvalue weighted by molar-refractivity contribution is 0.0687. The molecule has 0 spiro atoms. The summed E-state index contributed by atoms with van der Waals surface area (Å²) in [5.41, 5.74) is 1.48. The van der Waals surface area contributed by atoms with Crippen molar-refractivity contribution < 1.29 is 13.9 Å². The van der Waals surface area contributed by atoms with Gasteiger partial charge in [-0.15, -0.1) is 5.10 Å². The Hall–Kier alpha value is -3.47. The molecule has 1 saturated carbocycles. The summed E-state index contributed by atoms with van der Waals surface area (Å²) in [6.07, 6.45) is 4.06. The Morgan fingerprint density at radius 3 is 2.65 bits per heavy atom. The van der Waals surface area contributed by atoms with Crippen molar-refractivity contribution in [2.24, 2.45) is 0 Å². The lowest BCUT2D eigenvalue weighted by atomic mass is 10.1. The third-order valence-corrected chi connectivity index (χ3v) is 5.82. The third-order valence-electron chi connectivity index (χ3n) is 5.82. The molecule has 1 aliphatic carbocycles. The lowest BCUT2D eigenvalue weighted by Gasteiger charge is -2.24. The van der Waals surface area contributed by atoms with E-state index in [1.54, 1.807) is 29.9 Å². The molecule has 2 atom stereocenters. The van der Waals surface area contributed by atoms with Crippen molar-refractivity contribution in [2.75, 3.05) is 30.9 Å². The average Bonchev–Trinajstić information content (AvgIpc) is 3.38. The Labute approximate surface area is 196 Å². The molecule has 34 heavy (non-hydrogen) atoms. The molecular weight excluding hydrogens is 441 g/mol. The minimum absolute atomic E-state index is 0.0898. The number of alkyl halides is 1. The molecule has 3 aromatic heterocycles. The Morgan fingerprint density at radius 2 is 1.97 bits per heavy atom. The molecular formula is C23H30FN7O3. The molecule has 182 valence electrons. The van der Waals surface area contributed by atoms with Crippen molar-refractivity contribution >= 4 is 28.7 Å². The highest BCUT2D eigenvalue weighted by Crippen LogP contribution is 2.26. The van der Waals surface area contributed by atoms with Gasteiger partial charge in [-0.05, 0) is 25.0 Å². The van der Waals surface area contributed by atoms with E-state index in [-0.39, 0.29) is 17.3 Å². The molecule has 5 rings (SSSR count). The van der Waals surface area contributed by atoms with Crippen LogP contribution in [0.5, 0.6) is 0 Å². The quantitative estimate of drug-likeness (QED) is 0.506. The molecule has 3 aromatic rings. The van der Waals surface area contributed by atoms with Crippen LogP contribution in [-0.2, 0) is 4.74 Å². The van der Waals surface area contributed by atoms with Gasteiger partial charge in [-0.3, -0.25) is 9.59 Å². The summed E-state index contributed by atoms with van der Waals surface area (Å²) < 4.78 is 21.7. The van der Waals surface area contributed by atoms with Crippen LogP contribution in [-0.4, -0.2) is 57.5 Å². The molecule has 1 amide bonds. The van der Waals surface area contributed by atoms with E-state index in [2.05, 4.69) is 26.0 Å². The highest BCUT2D eigenvalue weighted by molar-refractivity contribution is 5.94. The van der Waals surface area contributed by atoms with Crippen molar-refractivity contribution in [3.8, 4) is 0 Å². The van der Waals surface area contributed by atoms with Gasteiger partial charge in [0.15, 0.2) is 17.2 Å². The van der Waals surface area contributed by atoms with Gasteiger partial charge >= 0.3 is 0 Å². The van der Waals surface area contributed by atoms with Crippen molar-refractivity contribution in [2.45, 2.75) is 51.4 Å². The van der Waals surface area contributed by atoms with Crippen LogP contribution in [0.2, 0.25) is 0 Å². The molecule has 1 saturated heterocycles. The maximum Gasteiger partial charge on any atom is 0.274 e. The molecule has 0 radical (unpaired) electrons. The molecule has 2 aliphatic rings. The fourth-order valence-corrected chi connectivity index (χ4v) is 3.92. The van der Waals surface area contributed by atoms with Crippen LogP contribution in [0.15, 0.2) is 35.4 Å². The smallest absolute Gasteiger partial charge is 0.274 e.